The molecule has 1 rings (SSSR count). The lowest BCUT2D eigenvalue weighted by Gasteiger charge is -2.22. The highest BCUT2D eigenvalue weighted by molar-refractivity contribution is 8.77. The number of carbonyl (C=O) groups is 2. The zero-order chi connectivity index (χ0) is 24.0. The number of allylic oxidation sites excluding steroid dienone is 1. The van der Waals surface area contributed by atoms with Crippen molar-refractivity contribution in [2.45, 2.75) is 32.4 Å². The third-order valence-electron chi connectivity index (χ3n) is 3.32. The summed E-state index contributed by atoms with van der Waals surface area (Å²) in [5, 5.41) is 6.36. The van der Waals surface area contributed by atoms with Crippen molar-refractivity contribution in [2.75, 3.05) is 18.7 Å². The monoisotopic (exact) mass is 500 g/mol. The van der Waals surface area contributed by atoms with Crippen molar-refractivity contribution in [3.63, 3.8) is 0 Å². The van der Waals surface area contributed by atoms with E-state index in [0.29, 0.717) is 26.6 Å². The molecule has 0 saturated carbocycles. The second-order valence-electron chi connectivity index (χ2n) is 6.29. The molecule has 2 amide bonds. The van der Waals surface area contributed by atoms with E-state index >= 15 is 0 Å². The lowest BCUT2D eigenvalue weighted by atomic mass is 10.2. The Hall–Kier alpha value is -1.46. The molecule has 1 aromatic heterocycles. The topological polar surface area (TPSA) is 96.6 Å². The van der Waals surface area contributed by atoms with E-state index in [2.05, 4.69) is 49.3 Å². The van der Waals surface area contributed by atoms with Crippen LogP contribution in [-0.4, -0.2) is 42.0 Å². The number of nitrogens with zero attached hydrogens (tertiary/aromatic N) is 1. The molecule has 0 aliphatic heterocycles. The number of carbonyl (C=O) groups excluding carboxylic acids is 2. The van der Waals surface area contributed by atoms with E-state index in [9.17, 15) is 9.59 Å². The molecule has 4 N–H and O–H groups in total. The molecule has 0 saturated heterocycles. The number of amides is 2. The largest absolute Gasteiger partial charge is 0.350 e. The van der Waals surface area contributed by atoms with Gasteiger partial charge in [0.1, 0.15) is 0 Å². The van der Waals surface area contributed by atoms with Gasteiger partial charge in [0.2, 0.25) is 0 Å². The summed E-state index contributed by atoms with van der Waals surface area (Å²) in [6.07, 6.45) is 5.03. The minimum atomic E-state index is -0.374. The molecule has 0 aliphatic rings. The second-order valence-corrected chi connectivity index (χ2v) is 11.6. The summed E-state index contributed by atoms with van der Waals surface area (Å²) in [4.78, 5) is 29.2. The summed E-state index contributed by atoms with van der Waals surface area (Å²) in [5.41, 5.74) is 5.84. The normalized spacial score (nSPS) is 11.9. The van der Waals surface area contributed by atoms with Crippen molar-refractivity contribution in [2.24, 2.45) is 10.7 Å². The first-order chi connectivity index (χ1) is 14.6. The molecule has 0 aliphatic carbocycles. The fourth-order valence-corrected chi connectivity index (χ4v) is 5.55. The van der Waals surface area contributed by atoms with Crippen LogP contribution >= 0.6 is 44.7 Å². The smallest absolute Gasteiger partial charge is 0.263 e. The molecule has 0 bridgehead atoms. The Kier molecular flexibility index (Phi) is 14.6. The highest BCUT2D eigenvalue weighted by Crippen LogP contribution is 2.32. The molecule has 0 unspecified atom stereocenters. The summed E-state index contributed by atoms with van der Waals surface area (Å²) < 4.78 is 0.642. The van der Waals surface area contributed by atoms with Crippen molar-refractivity contribution in [1.82, 2.24) is 10.6 Å². The molecule has 1 heterocycles. The Morgan fingerprint density at radius 1 is 1.35 bits per heavy atom. The predicted octanol–water partition coefficient (Wildman–Crippen LogP) is 3.31. The lowest BCUT2D eigenvalue weighted by molar-refractivity contribution is -0.116. The van der Waals surface area contributed by atoms with E-state index < -0.39 is 0 Å². The third kappa shape index (κ3) is 11.1. The number of thiophene rings is 1. The van der Waals surface area contributed by atoms with Gasteiger partial charge in [-0.3, -0.25) is 14.6 Å². The molecule has 1 aromatic rings. The van der Waals surface area contributed by atoms with E-state index in [1.807, 2.05) is 20.1 Å². The Labute approximate surface area is 201 Å². The minimum absolute atomic E-state index is 0.0692. The maximum absolute atomic E-state index is 12.5. The van der Waals surface area contributed by atoms with Gasteiger partial charge in [0.25, 0.3) is 11.8 Å². The maximum atomic E-state index is 12.5. The quantitative estimate of drug-likeness (QED) is 0.187. The first kappa shape index (κ1) is 29.5. The van der Waals surface area contributed by atoms with Crippen LogP contribution in [0.15, 0.2) is 34.4 Å². The van der Waals surface area contributed by atoms with Crippen LogP contribution in [0.4, 0.5) is 0 Å². The molecule has 31 heavy (non-hydrogen) atoms. The molecule has 0 atom stereocenters. The van der Waals surface area contributed by atoms with E-state index in [0.717, 1.165) is 17.0 Å². The van der Waals surface area contributed by atoms with Gasteiger partial charge in [0.05, 0.1) is 9.78 Å². The summed E-state index contributed by atoms with van der Waals surface area (Å²) in [6, 6.07) is 1.74. The number of nitrogens with one attached hydrogen (secondary N) is 2. The first-order valence-corrected chi connectivity index (χ1v) is 13.8. The van der Waals surface area contributed by atoms with Gasteiger partial charge < -0.3 is 16.4 Å². The summed E-state index contributed by atoms with van der Waals surface area (Å²) in [6.45, 7) is 19.9. The lowest BCUT2D eigenvalue weighted by Crippen LogP contribution is -2.35. The minimum Gasteiger partial charge on any atom is -0.350 e. The number of aliphatic imine (C=N–C) groups is 1. The van der Waals surface area contributed by atoms with Crippen LogP contribution in [-0.2, 0) is 4.79 Å². The molecule has 172 valence electrons. The average molecular weight is 501 g/mol. The van der Waals surface area contributed by atoms with Gasteiger partial charge in [-0.25, -0.2) is 0 Å². The van der Waals surface area contributed by atoms with Crippen LogP contribution in [0.2, 0.25) is 0 Å². The van der Waals surface area contributed by atoms with Gasteiger partial charge in [-0.1, -0.05) is 48.6 Å². The number of thioether (sulfide) groups is 1. The number of hydrogen-bond donors (Lipinski definition) is 3. The van der Waals surface area contributed by atoms with Crippen LogP contribution in [0, 0.1) is 0 Å². The van der Waals surface area contributed by atoms with Crippen molar-refractivity contribution in [1.29, 1.82) is 0 Å². The van der Waals surface area contributed by atoms with Crippen LogP contribution in [0.25, 0.3) is 12.7 Å². The standard InChI is InChI=1S/C19H26N4O2S4.C2H6/c1-12(23-18(25)16(9-21-5)27-11-20)7-14-8-15(28-13(14)2)17(24)22-10-19(3,4)29-26-6;1-2/h7-9H,1-2,5,10-11,20H2,3-4,6H3,(H,22,24)(H,23,25);1-2H3/b14-7-,16-9-;. The Morgan fingerprint density at radius 2 is 2.00 bits per heavy atom. The first-order valence-electron chi connectivity index (χ1n) is 9.43. The zero-order valence-corrected chi connectivity index (χ0v) is 22.0. The van der Waals surface area contributed by atoms with E-state index in [4.69, 9.17) is 5.73 Å². The second kappa shape index (κ2) is 15.4. The van der Waals surface area contributed by atoms with Crippen molar-refractivity contribution >= 4 is 75.9 Å². The van der Waals surface area contributed by atoms with Crippen LogP contribution in [0.1, 0.15) is 37.4 Å². The molecule has 0 spiro atoms. The van der Waals surface area contributed by atoms with E-state index in [1.165, 1.54) is 17.5 Å². The number of nitrogens with two attached hydrogens (primary N) is 1. The predicted molar refractivity (Wildman–Crippen MR) is 144 cm³/mol. The van der Waals surface area contributed by atoms with Gasteiger partial charge in [-0.15, -0.1) is 23.1 Å². The van der Waals surface area contributed by atoms with E-state index in [1.54, 1.807) is 33.7 Å². The van der Waals surface area contributed by atoms with Gasteiger partial charge in [0, 0.05) is 33.6 Å². The zero-order valence-electron chi connectivity index (χ0n) is 18.7. The van der Waals surface area contributed by atoms with Crippen LogP contribution < -0.4 is 26.1 Å². The Bertz CT molecular complexity index is 907. The molecule has 10 heteroatoms. The molecular formula is C21H32N4O2S4. The van der Waals surface area contributed by atoms with Crippen molar-refractivity contribution < 1.29 is 9.59 Å². The fraction of sp³-hybridized carbons (Fsp3) is 0.381. The molecule has 0 radical (unpaired) electrons. The van der Waals surface area contributed by atoms with Crippen molar-refractivity contribution in [3.8, 4) is 0 Å². The highest BCUT2D eigenvalue weighted by Gasteiger charge is 2.20. The van der Waals surface area contributed by atoms with Crippen LogP contribution in [0.5, 0.6) is 0 Å². The Morgan fingerprint density at radius 3 is 2.55 bits per heavy atom. The third-order valence-corrected chi connectivity index (χ3v) is 7.71. The maximum Gasteiger partial charge on any atom is 0.263 e. The van der Waals surface area contributed by atoms with Gasteiger partial charge >= 0.3 is 0 Å². The SMILES string of the molecule is C=N/C=C(\SCN)C(=O)NC(=C)/C=c1/cc(C(=O)NCC(C)(C)SSC)sc1=C.CC. The average Bonchev–Trinajstić information content (AvgIpc) is 3.07. The molecule has 0 fully saturated rings. The molecule has 0 aromatic carbocycles. The molecule has 6 nitrogen and oxygen atoms in total. The number of rotatable bonds is 11. The summed E-state index contributed by atoms with van der Waals surface area (Å²) in [7, 11) is 3.38. The van der Waals surface area contributed by atoms with E-state index in [-0.39, 0.29) is 22.4 Å². The summed E-state index contributed by atoms with van der Waals surface area (Å²) >= 11 is 2.45. The Balaban J connectivity index is 0.00000436. The highest BCUT2D eigenvalue weighted by atomic mass is 33.1. The van der Waals surface area contributed by atoms with Crippen molar-refractivity contribution in [3.05, 3.63) is 44.1 Å². The number of hydrogen-bond acceptors (Lipinski definition) is 8. The van der Waals surface area contributed by atoms with Gasteiger partial charge in [0.15, 0.2) is 0 Å². The van der Waals surface area contributed by atoms with Crippen LogP contribution in [0.3, 0.4) is 0 Å². The summed E-state index contributed by atoms with van der Waals surface area (Å²) in [5.74, 6) is -0.282. The van der Waals surface area contributed by atoms with Gasteiger partial charge in [-0.2, -0.15) is 0 Å². The molecular weight excluding hydrogens is 469 g/mol. The van der Waals surface area contributed by atoms with Gasteiger partial charge in [-0.05, 0) is 44.2 Å². The fourth-order valence-electron chi connectivity index (χ4n) is 2.08.